The van der Waals surface area contributed by atoms with E-state index in [1.54, 1.807) is 4.57 Å². The van der Waals surface area contributed by atoms with Crippen molar-refractivity contribution >= 4 is 37.5 Å². The fourth-order valence-corrected chi connectivity index (χ4v) is 6.00. The molecule has 1 aliphatic rings. The molecule has 1 fully saturated rings. The van der Waals surface area contributed by atoms with Gasteiger partial charge < -0.3 is 14.0 Å². The van der Waals surface area contributed by atoms with Crippen LogP contribution >= 0.6 is 11.3 Å². The Hall–Kier alpha value is -2.97. The van der Waals surface area contributed by atoms with Gasteiger partial charge in [-0.25, -0.2) is 8.42 Å². The van der Waals surface area contributed by atoms with Crippen LogP contribution in [0.5, 0.6) is 5.75 Å². The van der Waals surface area contributed by atoms with Gasteiger partial charge in [-0.15, -0.1) is 6.42 Å². The van der Waals surface area contributed by atoms with E-state index < -0.39 is 15.9 Å². The number of para-hydroxylation sites is 1. The Morgan fingerprint density at radius 1 is 1.21 bits per heavy atom. The van der Waals surface area contributed by atoms with Gasteiger partial charge in [0.1, 0.15) is 11.3 Å². The number of thiazole rings is 1. The number of hydrogen-bond acceptors (Lipinski definition) is 6. The van der Waals surface area contributed by atoms with Crippen LogP contribution in [0.1, 0.15) is 17.3 Å². The second-order valence-corrected chi connectivity index (χ2v) is 10.1. The molecule has 0 saturated carbocycles. The lowest BCUT2D eigenvalue weighted by Crippen LogP contribution is -2.40. The molecule has 0 bridgehead atoms. The average molecular weight is 486 g/mol. The molecule has 33 heavy (non-hydrogen) atoms. The standard InChI is InChI=1S/C23H23N3O5S2/c1-3-12-26-21-19(31-4-2)6-5-7-20(21)32-23(26)24-22(27)17-8-10-18(11-9-17)33(28,29)25-13-15-30-16-14-25/h1,5-11H,4,12-16H2,2H3. The van der Waals surface area contributed by atoms with Gasteiger partial charge in [0.25, 0.3) is 5.91 Å². The van der Waals surface area contributed by atoms with E-state index >= 15 is 0 Å². The van der Waals surface area contributed by atoms with Crippen molar-refractivity contribution < 1.29 is 22.7 Å². The molecular formula is C23H23N3O5S2. The van der Waals surface area contributed by atoms with Crippen LogP contribution in [0.2, 0.25) is 0 Å². The van der Waals surface area contributed by atoms with Gasteiger partial charge >= 0.3 is 0 Å². The maximum atomic E-state index is 12.9. The average Bonchev–Trinajstić information content (AvgIpc) is 3.18. The summed E-state index contributed by atoms with van der Waals surface area (Å²) in [5.74, 6) is 2.79. The highest BCUT2D eigenvalue weighted by molar-refractivity contribution is 7.89. The third-order valence-electron chi connectivity index (χ3n) is 5.12. The summed E-state index contributed by atoms with van der Waals surface area (Å²) in [6.07, 6.45) is 5.56. The van der Waals surface area contributed by atoms with E-state index in [-0.39, 0.29) is 17.0 Å². The van der Waals surface area contributed by atoms with Crippen LogP contribution in [-0.4, -0.2) is 56.1 Å². The number of rotatable bonds is 6. The molecule has 0 aliphatic carbocycles. The van der Waals surface area contributed by atoms with Crippen LogP contribution in [0.25, 0.3) is 10.2 Å². The SMILES string of the molecule is C#CCn1c(=NC(=O)c2ccc(S(=O)(=O)N3CCOCC3)cc2)sc2cccc(OCC)c21. The number of amides is 1. The number of nitrogens with zero attached hydrogens (tertiary/aromatic N) is 3. The van der Waals surface area contributed by atoms with Gasteiger partial charge in [0.15, 0.2) is 4.80 Å². The number of morpholine rings is 1. The molecule has 4 rings (SSSR count). The lowest BCUT2D eigenvalue weighted by molar-refractivity contribution is 0.0730. The molecule has 8 nitrogen and oxygen atoms in total. The zero-order chi connectivity index (χ0) is 23.4. The van der Waals surface area contributed by atoms with E-state index in [0.29, 0.717) is 43.5 Å². The third kappa shape index (κ3) is 4.72. The number of benzene rings is 2. The Balaban J connectivity index is 1.68. The Morgan fingerprint density at radius 2 is 1.94 bits per heavy atom. The van der Waals surface area contributed by atoms with Crippen molar-refractivity contribution in [3.05, 3.63) is 52.8 Å². The molecule has 2 heterocycles. The molecule has 0 unspecified atom stereocenters. The van der Waals surface area contributed by atoms with Crippen LogP contribution in [-0.2, 0) is 21.3 Å². The first-order chi connectivity index (χ1) is 16.0. The van der Waals surface area contributed by atoms with E-state index in [4.69, 9.17) is 15.9 Å². The number of ether oxygens (including phenoxy) is 2. The second-order valence-electron chi connectivity index (χ2n) is 7.17. The number of carbonyl (C=O) groups is 1. The van der Waals surface area contributed by atoms with Crippen LogP contribution in [0, 0.1) is 12.3 Å². The van der Waals surface area contributed by atoms with Gasteiger partial charge in [0.05, 0.1) is 36.0 Å². The van der Waals surface area contributed by atoms with E-state index in [1.807, 2.05) is 25.1 Å². The topological polar surface area (TPSA) is 90.2 Å². The molecule has 1 amide bonds. The lowest BCUT2D eigenvalue weighted by atomic mass is 10.2. The van der Waals surface area contributed by atoms with Crippen molar-refractivity contribution in [3.63, 3.8) is 0 Å². The summed E-state index contributed by atoms with van der Waals surface area (Å²) in [5.41, 5.74) is 1.08. The Morgan fingerprint density at radius 3 is 2.61 bits per heavy atom. The summed E-state index contributed by atoms with van der Waals surface area (Å²) < 4.78 is 40.6. The summed E-state index contributed by atoms with van der Waals surface area (Å²) in [5, 5.41) is 0. The molecule has 0 N–H and O–H groups in total. The predicted molar refractivity (Wildman–Crippen MR) is 126 cm³/mol. The van der Waals surface area contributed by atoms with Gasteiger partial charge in [-0.3, -0.25) is 4.79 Å². The Kier molecular flexibility index (Phi) is 6.95. The number of carbonyl (C=O) groups excluding carboxylic acids is 1. The van der Waals surface area contributed by atoms with Crippen molar-refractivity contribution in [2.45, 2.75) is 18.4 Å². The van der Waals surface area contributed by atoms with Crippen molar-refractivity contribution in [3.8, 4) is 18.1 Å². The fourth-order valence-electron chi connectivity index (χ4n) is 3.55. The minimum Gasteiger partial charge on any atom is -0.492 e. The number of terminal acetylenes is 1. The Bertz CT molecular complexity index is 1380. The minimum atomic E-state index is -3.63. The quantitative estimate of drug-likeness (QED) is 0.501. The zero-order valence-corrected chi connectivity index (χ0v) is 19.7. The smallest absolute Gasteiger partial charge is 0.279 e. The molecule has 0 radical (unpaired) electrons. The molecule has 0 spiro atoms. The summed E-state index contributed by atoms with van der Waals surface area (Å²) >= 11 is 1.34. The second kappa shape index (κ2) is 9.89. The first kappa shape index (κ1) is 23.2. The molecule has 1 aliphatic heterocycles. The molecule has 1 aromatic heterocycles. The fraction of sp³-hybridized carbons (Fsp3) is 0.304. The van der Waals surface area contributed by atoms with Crippen LogP contribution in [0.3, 0.4) is 0 Å². The molecule has 10 heteroatoms. The molecule has 3 aromatic rings. The van der Waals surface area contributed by atoms with Crippen LogP contribution < -0.4 is 9.54 Å². The maximum absolute atomic E-state index is 12.9. The van der Waals surface area contributed by atoms with Crippen molar-refractivity contribution in [2.75, 3.05) is 32.9 Å². The number of hydrogen-bond donors (Lipinski definition) is 0. The first-order valence-electron chi connectivity index (χ1n) is 10.4. The molecule has 172 valence electrons. The van der Waals surface area contributed by atoms with E-state index in [1.165, 1.54) is 39.9 Å². The first-order valence-corrected chi connectivity index (χ1v) is 12.7. The highest BCUT2D eigenvalue weighted by atomic mass is 32.2. The van der Waals surface area contributed by atoms with E-state index in [0.717, 1.165) is 10.2 Å². The normalized spacial score (nSPS) is 15.5. The predicted octanol–water partition coefficient (Wildman–Crippen LogP) is 2.50. The van der Waals surface area contributed by atoms with E-state index in [2.05, 4.69) is 10.9 Å². The summed E-state index contributed by atoms with van der Waals surface area (Å²) in [7, 11) is -3.63. The van der Waals surface area contributed by atoms with Gasteiger partial charge in [-0.05, 0) is 43.3 Å². The third-order valence-corrected chi connectivity index (χ3v) is 8.08. The van der Waals surface area contributed by atoms with Crippen molar-refractivity contribution in [1.29, 1.82) is 0 Å². The number of aromatic nitrogens is 1. The number of sulfonamides is 1. The maximum Gasteiger partial charge on any atom is 0.279 e. The largest absolute Gasteiger partial charge is 0.492 e. The number of fused-ring (bicyclic) bond motifs is 1. The van der Waals surface area contributed by atoms with Crippen molar-refractivity contribution in [1.82, 2.24) is 8.87 Å². The summed E-state index contributed by atoms with van der Waals surface area (Å²) in [6, 6.07) is 11.5. The van der Waals surface area contributed by atoms with Gasteiger partial charge in [-0.2, -0.15) is 9.30 Å². The molecular weight excluding hydrogens is 462 g/mol. The monoisotopic (exact) mass is 485 g/mol. The van der Waals surface area contributed by atoms with E-state index in [9.17, 15) is 13.2 Å². The summed E-state index contributed by atoms with van der Waals surface area (Å²) in [6.45, 7) is 3.98. The highest BCUT2D eigenvalue weighted by Gasteiger charge is 2.26. The lowest BCUT2D eigenvalue weighted by Gasteiger charge is -2.26. The van der Waals surface area contributed by atoms with Gasteiger partial charge in [0, 0.05) is 18.7 Å². The van der Waals surface area contributed by atoms with Crippen LogP contribution in [0.4, 0.5) is 0 Å². The van der Waals surface area contributed by atoms with Crippen LogP contribution in [0.15, 0.2) is 52.4 Å². The highest BCUT2D eigenvalue weighted by Crippen LogP contribution is 2.27. The summed E-state index contributed by atoms with van der Waals surface area (Å²) in [4.78, 5) is 17.8. The minimum absolute atomic E-state index is 0.131. The Labute approximate surface area is 196 Å². The van der Waals surface area contributed by atoms with Gasteiger partial charge in [-0.1, -0.05) is 23.3 Å². The zero-order valence-electron chi connectivity index (χ0n) is 18.1. The molecule has 0 atom stereocenters. The molecule has 2 aromatic carbocycles. The van der Waals surface area contributed by atoms with Crippen molar-refractivity contribution in [2.24, 2.45) is 4.99 Å². The van der Waals surface area contributed by atoms with Gasteiger partial charge in [0.2, 0.25) is 10.0 Å². The molecule has 1 saturated heterocycles.